The summed E-state index contributed by atoms with van der Waals surface area (Å²) in [5.41, 5.74) is 6.16. The van der Waals surface area contributed by atoms with Crippen LogP contribution in [0.2, 0.25) is 5.02 Å². The molecular weight excluding hydrogens is 306 g/mol. The molecule has 0 aromatic heterocycles. The van der Waals surface area contributed by atoms with Crippen molar-refractivity contribution in [1.82, 2.24) is 0 Å². The first-order chi connectivity index (χ1) is 9.77. The molecule has 0 amide bonds. The highest BCUT2D eigenvalue weighted by atomic mass is 35.5. The van der Waals surface area contributed by atoms with E-state index in [0.29, 0.717) is 11.1 Å². The van der Waals surface area contributed by atoms with Gasteiger partial charge < -0.3 is 5.73 Å². The summed E-state index contributed by atoms with van der Waals surface area (Å²) in [5.74, 6) is -0.491. The van der Waals surface area contributed by atoms with Crippen molar-refractivity contribution in [3.63, 3.8) is 0 Å². The molecule has 2 N–H and O–H groups in total. The molecule has 2 aromatic carbocycles. The predicted octanol–water partition coefficient (Wildman–Crippen LogP) is 4.74. The Labute approximate surface area is 124 Å². The van der Waals surface area contributed by atoms with Crippen LogP contribution >= 0.6 is 11.6 Å². The number of hydrogen-bond acceptors (Lipinski definition) is 1. The Bertz CT molecular complexity index is 640. The SMILES string of the molecule is NC(Cc1cccc(C(F)(F)F)c1)c1ccc(F)cc1Cl. The van der Waals surface area contributed by atoms with Gasteiger partial charge in [-0.3, -0.25) is 0 Å². The van der Waals surface area contributed by atoms with Crippen molar-refractivity contribution in [2.24, 2.45) is 5.73 Å². The van der Waals surface area contributed by atoms with E-state index in [9.17, 15) is 17.6 Å². The molecule has 21 heavy (non-hydrogen) atoms. The maximum Gasteiger partial charge on any atom is 0.416 e. The monoisotopic (exact) mass is 317 g/mol. The molecule has 0 radical (unpaired) electrons. The molecular formula is C15H12ClF4N. The third-order valence-electron chi connectivity index (χ3n) is 3.07. The summed E-state index contributed by atoms with van der Waals surface area (Å²) in [6, 6.07) is 8.12. The highest BCUT2D eigenvalue weighted by molar-refractivity contribution is 6.31. The molecule has 0 saturated carbocycles. The van der Waals surface area contributed by atoms with Crippen LogP contribution in [0.1, 0.15) is 22.7 Å². The summed E-state index contributed by atoms with van der Waals surface area (Å²) < 4.78 is 50.9. The topological polar surface area (TPSA) is 26.0 Å². The quantitative estimate of drug-likeness (QED) is 0.813. The standard InChI is InChI=1S/C15H12ClF4N/c16-13-8-11(17)4-5-12(13)14(21)7-9-2-1-3-10(6-9)15(18,19)20/h1-6,8,14H,7,21H2. The van der Waals surface area contributed by atoms with E-state index in [1.54, 1.807) is 6.07 Å². The number of halogens is 5. The van der Waals surface area contributed by atoms with Gasteiger partial charge in [-0.2, -0.15) is 13.2 Å². The lowest BCUT2D eigenvalue weighted by Gasteiger charge is -2.15. The fourth-order valence-corrected chi connectivity index (χ4v) is 2.35. The van der Waals surface area contributed by atoms with Crippen LogP contribution in [0.4, 0.5) is 17.6 Å². The Morgan fingerprint density at radius 1 is 1.10 bits per heavy atom. The zero-order valence-corrected chi connectivity index (χ0v) is 11.5. The highest BCUT2D eigenvalue weighted by Crippen LogP contribution is 2.31. The first-order valence-corrected chi connectivity index (χ1v) is 6.52. The van der Waals surface area contributed by atoms with Gasteiger partial charge in [0.1, 0.15) is 5.82 Å². The average molecular weight is 318 g/mol. The molecule has 2 rings (SSSR count). The molecule has 1 atom stereocenters. The number of alkyl halides is 3. The molecule has 0 fully saturated rings. The van der Waals surface area contributed by atoms with Gasteiger partial charge in [-0.25, -0.2) is 4.39 Å². The molecule has 0 aliphatic rings. The molecule has 0 aliphatic carbocycles. The van der Waals surface area contributed by atoms with Crippen molar-refractivity contribution in [2.75, 3.05) is 0 Å². The van der Waals surface area contributed by atoms with Crippen LogP contribution in [0.15, 0.2) is 42.5 Å². The van der Waals surface area contributed by atoms with Crippen LogP contribution in [-0.4, -0.2) is 0 Å². The summed E-state index contributed by atoms with van der Waals surface area (Å²) in [7, 11) is 0. The van der Waals surface area contributed by atoms with E-state index in [-0.39, 0.29) is 11.4 Å². The van der Waals surface area contributed by atoms with Gasteiger partial charge in [0.25, 0.3) is 0 Å². The first kappa shape index (κ1) is 15.8. The number of nitrogens with two attached hydrogens (primary N) is 1. The largest absolute Gasteiger partial charge is 0.416 e. The van der Waals surface area contributed by atoms with Crippen LogP contribution in [0.3, 0.4) is 0 Å². The summed E-state index contributed by atoms with van der Waals surface area (Å²) in [5, 5.41) is 0.162. The Hall–Kier alpha value is -1.59. The number of rotatable bonds is 3. The van der Waals surface area contributed by atoms with Crippen molar-refractivity contribution in [3.05, 3.63) is 70.0 Å². The molecule has 112 valence electrons. The van der Waals surface area contributed by atoms with Crippen molar-refractivity contribution in [2.45, 2.75) is 18.6 Å². The van der Waals surface area contributed by atoms with E-state index in [4.69, 9.17) is 17.3 Å². The van der Waals surface area contributed by atoms with Gasteiger partial charge in [-0.1, -0.05) is 35.9 Å². The van der Waals surface area contributed by atoms with E-state index in [1.807, 2.05) is 0 Å². The van der Waals surface area contributed by atoms with Gasteiger partial charge in [0.05, 0.1) is 5.56 Å². The van der Waals surface area contributed by atoms with Crippen LogP contribution < -0.4 is 5.73 Å². The molecule has 2 aromatic rings. The highest BCUT2D eigenvalue weighted by Gasteiger charge is 2.30. The summed E-state index contributed by atoms with van der Waals surface area (Å²) >= 11 is 5.89. The maximum absolute atomic E-state index is 13.0. The molecule has 0 bridgehead atoms. The van der Waals surface area contributed by atoms with Gasteiger partial charge in [0.15, 0.2) is 0 Å². The normalized spacial score (nSPS) is 13.2. The molecule has 0 aliphatic heterocycles. The van der Waals surface area contributed by atoms with Crippen LogP contribution in [0.25, 0.3) is 0 Å². The molecule has 0 spiro atoms. The Kier molecular flexibility index (Phi) is 4.54. The maximum atomic E-state index is 13.0. The third kappa shape index (κ3) is 3.95. The van der Waals surface area contributed by atoms with Gasteiger partial charge in [0, 0.05) is 11.1 Å². The third-order valence-corrected chi connectivity index (χ3v) is 3.40. The minimum atomic E-state index is -4.40. The van der Waals surface area contributed by atoms with Crippen LogP contribution in [0.5, 0.6) is 0 Å². The fourth-order valence-electron chi connectivity index (χ4n) is 2.04. The molecule has 0 saturated heterocycles. The van der Waals surface area contributed by atoms with E-state index in [1.165, 1.54) is 18.2 Å². The lowest BCUT2D eigenvalue weighted by atomic mass is 9.98. The average Bonchev–Trinajstić information content (AvgIpc) is 2.37. The van der Waals surface area contributed by atoms with E-state index < -0.39 is 23.6 Å². The lowest BCUT2D eigenvalue weighted by Crippen LogP contribution is -2.14. The van der Waals surface area contributed by atoms with Crippen molar-refractivity contribution in [1.29, 1.82) is 0 Å². The summed E-state index contributed by atoms with van der Waals surface area (Å²) in [6.45, 7) is 0. The van der Waals surface area contributed by atoms with Crippen molar-refractivity contribution in [3.8, 4) is 0 Å². The summed E-state index contributed by atoms with van der Waals surface area (Å²) in [4.78, 5) is 0. The Morgan fingerprint density at radius 3 is 2.43 bits per heavy atom. The molecule has 6 heteroatoms. The van der Waals surface area contributed by atoms with Crippen molar-refractivity contribution >= 4 is 11.6 Å². The van der Waals surface area contributed by atoms with Gasteiger partial charge in [0.2, 0.25) is 0 Å². The lowest BCUT2D eigenvalue weighted by molar-refractivity contribution is -0.137. The van der Waals surface area contributed by atoms with Gasteiger partial charge in [-0.05, 0) is 35.7 Å². The van der Waals surface area contributed by atoms with Crippen LogP contribution in [0, 0.1) is 5.82 Å². The Balaban J connectivity index is 2.21. The second-order valence-corrected chi connectivity index (χ2v) is 5.08. The zero-order valence-electron chi connectivity index (χ0n) is 10.8. The zero-order chi connectivity index (χ0) is 15.6. The second-order valence-electron chi connectivity index (χ2n) is 4.67. The Morgan fingerprint density at radius 2 is 1.81 bits per heavy atom. The first-order valence-electron chi connectivity index (χ1n) is 6.14. The van der Waals surface area contributed by atoms with E-state index in [2.05, 4.69) is 0 Å². The molecule has 0 heterocycles. The smallest absolute Gasteiger partial charge is 0.324 e. The van der Waals surface area contributed by atoms with Crippen LogP contribution in [-0.2, 0) is 12.6 Å². The predicted molar refractivity (Wildman–Crippen MR) is 73.5 cm³/mol. The summed E-state index contributed by atoms with van der Waals surface area (Å²) in [6.07, 6.45) is -4.22. The minimum Gasteiger partial charge on any atom is -0.324 e. The fraction of sp³-hybridized carbons (Fsp3) is 0.200. The second kappa shape index (κ2) is 6.03. The van der Waals surface area contributed by atoms with E-state index >= 15 is 0 Å². The van der Waals surface area contributed by atoms with Gasteiger partial charge >= 0.3 is 6.18 Å². The minimum absolute atomic E-state index is 0.162. The number of hydrogen-bond donors (Lipinski definition) is 1. The van der Waals surface area contributed by atoms with Crippen molar-refractivity contribution < 1.29 is 17.6 Å². The molecule has 1 unspecified atom stereocenters. The number of benzene rings is 2. The molecule has 1 nitrogen and oxygen atoms in total. The van der Waals surface area contributed by atoms with E-state index in [0.717, 1.165) is 18.2 Å². The van der Waals surface area contributed by atoms with Gasteiger partial charge in [-0.15, -0.1) is 0 Å².